The average Bonchev–Trinajstić information content (AvgIpc) is 2.83. The number of thioether (sulfide) groups is 1. The van der Waals surface area contributed by atoms with Crippen LogP contribution in [0.3, 0.4) is 0 Å². The Hall–Kier alpha value is -1.14. The van der Waals surface area contributed by atoms with E-state index >= 15 is 0 Å². The zero-order chi connectivity index (χ0) is 15.0. The third-order valence-corrected chi connectivity index (χ3v) is 5.19. The monoisotopic (exact) mass is 373 g/mol. The lowest BCUT2D eigenvalue weighted by Gasteiger charge is -2.17. The summed E-state index contributed by atoms with van der Waals surface area (Å²) in [5.41, 5.74) is 0.957. The largest absolute Gasteiger partial charge is 0.417 e. The van der Waals surface area contributed by atoms with E-state index in [2.05, 4.69) is 21.2 Å². The van der Waals surface area contributed by atoms with Crippen molar-refractivity contribution in [3.63, 3.8) is 0 Å². The highest BCUT2D eigenvalue weighted by Crippen LogP contribution is 2.41. The first-order valence-electron chi connectivity index (χ1n) is 6.30. The molecule has 3 rings (SSSR count). The molecule has 2 aromatic rings. The molecule has 0 spiro atoms. The summed E-state index contributed by atoms with van der Waals surface area (Å²) in [6, 6.07) is 12.2. The lowest BCUT2D eigenvalue weighted by molar-refractivity contribution is -0.138. The second-order valence-corrected chi connectivity index (χ2v) is 6.65. The van der Waals surface area contributed by atoms with Crippen LogP contribution in [0.1, 0.15) is 17.2 Å². The quantitative estimate of drug-likeness (QED) is 0.721. The minimum atomic E-state index is -4.36. The maximum absolute atomic E-state index is 12.9. The summed E-state index contributed by atoms with van der Waals surface area (Å²) >= 11 is 4.67. The van der Waals surface area contributed by atoms with Crippen molar-refractivity contribution in [3.8, 4) is 0 Å². The summed E-state index contributed by atoms with van der Waals surface area (Å²) in [5, 5.41) is 3.20. The molecule has 1 nitrogen and oxygen atoms in total. The summed E-state index contributed by atoms with van der Waals surface area (Å²) in [5.74, 6) is 0.816. The molecule has 6 heteroatoms. The van der Waals surface area contributed by atoms with Gasteiger partial charge in [0.05, 0.1) is 11.6 Å². The molecular formula is C15H11BrF3NS. The van der Waals surface area contributed by atoms with Gasteiger partial charge in [0, 0.05) is 20.8 Å². The predicted octanol–water partition coefficient (Wildman–Crippen LogP) is 5.73. The molecule has 1 atom stereocenters. The Bertz CT molecular complexity index is 672. The normalized spacial score (nSPS) is 17.6. The van der Waals surface area contributed by atoms with Gasteiger partial charge >= 0.3 is 6.18 Å². The highest BCUT2D eigenvalue weighted by molar-refractivity contribution is 9.10. The van der Waals surface area contributed by atoms with Crippen LogP contribution >= 0.6 is 27.7 Å². The molecule has 0 aromatic heterocycles. The van der Waals surface area contributed by atoms with Crippen LogP contribution in [0.2, 0.25) is 0 Å². The SMILES string of the molecule is FC(F)(F)c1cc(NC2CSc3ccccc32)ccc1Br. The van der Waals surface area contributed by atoms with E-state index in [-0.39, 0.29) is 10.5 Å². The second-order valence-electron chi connectivity index (χ2n) is 4.74. The summed E-state index contributed by atoms with van der Waals surface area (Å²) in [7, 11) is 0. The predicted molar refractivity (Wildman–Crippen MR) is 82.7 cm³/mol. The van der Waals surface area contributed by atoms with E-state index < -0.39 is 11.7 Å². The number of fused-ring (bicyclic) bond motifs is 1. The lowest BCUT2D eigenvalue weighted by Crippen LogP contribution is -2.12. The Kier molecular flexibility index (Phi) is 3.92. The fourth-order valence-electron chi connectivity index (χ4n) is 2.32. The number of halogens is 4. The molecule has 0 bridgehead atoms. The molecule has 1 N–H and O–H groups in total. The van der Waals surface area contributed by atoms with E-state index in [0.717, 1.165) is 17.4 Å². The number of alkyl halides is 3. The van der Waals surface area contributed by atoms with E-state index in [0.29, 0.717) is 5.69 Å². The highest BCUT2D eigenvalue weighted by Gasteiger charge is 2.33. The van der Waals surface area contributed by atoms with Crippen molar-refractivity contribution < 1.29 is 13.2 Å². The van der Waals surface area contributed by atoms with Gasteiger partial charge in [-0.1, -0.05) is 34.1 Å². The molecule has 0 radical (unpaired) electrons. The first kappa shape index (κ1) is 14.8. The van der Waals surface area contributed by atoms with Gasteiger partial charge in [0.2, 0.25) is 0 Å². The van der Waals surface area contributed by atoms with Crippen LogP contribution in [0.5, 0.6) is 0 Å². The summed E-state index contributed by atoms with van der Waals surface area (Å²) < 4.78 is 38.8. The van der Waals surface area contributed by atoms with Gasteiger partial charge in [-0.2, -0.15) is 13.2 Å². The third kappa shape index (κ3) is 3.06. The van der Waals surface area contributed by atoms with E-state index in [1.165, 1.54) is 11.0 Å². The molecular weight excluding hydrogens is 363 g/mol. The van der Waals surface area contributed by atoms with E-state index in [4.69, 9.17) is 0 Å². The summed E-state index contributed by atoms with van der Waals surface area (Å²) in [4.78, 5) is 1.18. The first-order valence-corrected chi connectivity index (χ1v) is 8.08. The van der Waals surface area contributed by atoms with Crippen LogP contribution in [0.4, 0.5) is 18.9 Å². The van der Waals surface area contributed by atoms with Crippen LogP contribution in [0, 0.1) is 0 Å². The Morgan fingerprint density at radius 3 is 2.67 bits per heavy atom. The van der Waals surface area contributed by atoms with Gasteiger partial charge in [-0.3, -0.25) is 0 Å². The van der Waals surface area contributed by atoms with Crippen molar-refractivity contribution in [2.24, 2.45) is 0 Å². The Morgan fingerprint density at radius 2 is 1.90 bits per heavy atom. The zero-order valence-corrected chi connectivity index (χ0v) is 13.1. The summed E-state index contributed by atoms with van der Waals surface area (Å²) in [6.07, 6.45) is -4.36. The molecule has 110 valence electrons. The van der Waals surface area contributed by atoms with Crippen LogP contribution in [0.15, 0.2) is 51.8 Å². The highest BCUT2D eigenvalue weighted by atomic mass is 79.9. The first-order chi connectivity index (χ1) is 9.95. The fourth-order valence-corrected chi connectivity index (χ4v) is 3.95. The molecule has 1 heterocycles. The smallest absolute Gasteiger partial charge is 0.377 e. The molecule has 21 heavy (non-hydrogen) atoms. The molecule has 0 saturated heterocycles. The van der Waals surface area contributed by atoms with Crippen LogP contribution in [-0.2, 0) is 6.18 Å². The van der Waals surface area contributed by atoms with Crippen LogP contribution < -0.4 is 5.32 Å². The number of anilines is 1. The molecule has 1 aliphatic rings. The van der Waals surface area contributed by atoms with Gasteiger partial charge in [-0.05, 0) is 29.8 Å². The van der Waals surface area contributed by atoms with Crippen molar-refractivity contribution in [3.05, 3.63) is 58.1 Å². The molecule has 0 fully saturated rings. The number of rotatable bonds is 2. The van der Waals surface area contributed by atoms with Crippen LogP contribution in [0.25, 0.3) is 0 Å². The van der Waals surface area contributed by atoms with Crippen molar-refractivity contribution in [2.45, 2.75) is 17.1 Å². The number of hydrogen-bond donors (Lipinski definition) is 1. The van der Waals surface area contributed by atoms with Crippen molar-refractivity contribution in [1.29, 1.82) is 0 Å². The fraction of sp³-hybridized carbons (Fsp3) is 0.200. The molecule has 0 amide bonds. The number of hydrogen-bond acceptors (Lipinski definition) is 2. The Morgan fingerprint density at radius 1 is 1.14 bits per heavy atom. The van der Waals surface area contributed by atoms with E-state index in [1.807, 2.05) is 24.3 Å². The number of benzene rings is 2. The van der Waals surface area contributed by atoms with E-state index in [1.54, 1.807) is 17.8 Å². The van der Waals surface area contributed by atoms with Gasteiger partial charge in [0.15, 0.2) is 0 Å². The van der Waals surface area contributed by atoms with Crippen molar-refractivity contribution >= 4 is 33.4 Å². The molecule has 0 aliphatic carbocycles. The standard InChI is InChI=1S/C15H11BrF3NS/c16-12-6-5-9(7-11(12)15(17,18)19)20-13-8-21-14-4-2-1-3-10(13)14/h1-7,13,20H,8H2. The molecule has 1 aliphatic heterocycles. The van der Waals surface area contributed by atoms with Gasteiger partial charge in [0.25, 0.3) is 0 Å². The van der Waals surface area contributed by atoms with Crippen LogP contribution in [-0.4, -0.2) is 5.75 Å². The topological polar surface area (TPSA) is 12.0 Å². The van der Waals surface area contributed by atoms with Gasteiger partial charge < -0.3 is 5.32 Å². The third-order valence-electron chi connectivity index (χ3n) is 3.31. The molecule has 1 unspecified atom stereocenters. The lowest BCUT2D eigenvalue weighted by atomic mass is 10.1. The van der Waals surface area contributed by atoms with Crippen molar-refractivity contribution in [1.82, 2.24) is 0 Å². The second kappa shape index (κ2) is 5.57. The maximum atomic E-state index is 12.9. The minimum absolute atomic E-state index is 0.0356. The van der Waals surface area contributed by atoms with Gasteiger partial charge in [-0.15, -0.1) is 11.8 Å². The zero-order valence-electron chi connectivity index (χ0n) is 10.7. The average molecular weight is 374 g/mol. The number of nitrogens with one attached hydrogen (secondary N) is 1. The maximum Gasteiger partial charge on any atom is 0.417 e. The Balaban J connectivity index is 1.87. The summed E-state index contributed by atoms with van der Waals surface area (Å²) in [6.45, 7) is 0. The van der Waals surface area contributed by atoms with Gasteiger partial charge in [0.1, 0.15) is 0 Å². The van der Waals surface area contributed by atoms with Gasteiger partial charge in [-0.25, -0.2) is 0 Å². The van der Waals surface area contributed by atoms with E-state index in [9.17, 15) is 13.2 Å². The molecule has 2 aromatic carbocycles. The minimum Gasteiger partial charge on any atom is -0.377 e. The molecule has 0 saturated carbocycles. The van der Waals surface area contributed by atoms with Crippen molar-refractivity contribution in [2.75, 3.05) is 11.1 Å². The Labute approximate surface area is 133 Å².